The topological polar surface area (TPSA) is 94.6 Å². The van der Waals surface area contributed by atoms with Crippen molar-refractivity contribution in [2.75, 3.05) is 5.32 Å². The van der Waals surface area contributed by atoms with E-state index in [1.54, 1.807) is 42.7 Å². The lowest BCUT2D eigenvalue weighted by atomic mass is 10.1. The van der Waals surface area contributed by atoms with Crippen LogP contribution in [0.3, 0.4) is 0 Å². The summed E-state index contributed by atoms with van der Waals surface area (Å²) >= 11 is 0. The molecule has 7 nitrogen and oxygen atoms in total. The second kappa shape index (κ2) is 7.04. The fourth-order valence-corrected chi connectivity index (χ4v) is 2.22. The second-order valence-corrected chi connectivity index (χ2v) is 5.40. The molecule has 128 valence electrons. The van der Waals surface area contributed by atoms with Gasteiger partial charge in [-0.2, -0.15) is 0 Å². The van der Waals surface area contributed by atoms with Crippen molar-refractivity contribution in [3.63, 3.8) is 0 Å². The second-order valence-electron chi connectivity index (χ2n) is 5.40. The van der Waals surface area contributed by atoms with Crippen LogP contribution in [0.1, 0.15) is 29.9 Å². The number of aromatic nitrogens is 1. The van der Waals surface area contributed by atoms with Gasteiger partial charge >= 0.3 is 0 Å². The van der Waals surface area contributed by atoms with Gasteiger partial charge in [0.1, 0.15) is 18.1 Å². The minimum atomic E-state index is -0.234. The van der Waals surface area contributed by atoms with E-state index < -0.39 is 0 Å². The number of Topliss-reactive ketones (excluding diaryl/α,β-unsaturated/α-hetero) is 1. The molecular formula is C18H16N2O5. The first-order valence-electron chi connectivity index (χ1n) is 7.58. The summed E-state index contributed by atoms with van der Waals surface area (Å²) < 4.78 is 16.2. The van der Waals surface area contributed by atoms with E-state index in [-0.39, 0.29) is 18.3 Å². The van der Waals surface area contributed by atoms with Gasteiger partial charge in [-0.15, -0.1) is 0 Å². The zero-order chi connectivity index (χ0) is 17.8. The van der Waals surface area contributed by atoms with Crippen LogP contribution in [-0.4, -0.2) is 16.8 Å². The van der Waals surface area contributed by atoms with Gasteiger partial charge in [-0.25, -0.2) is 0 Å². The first-order valence-corrected chi connectivity index (χ1v) is 7.58. The van der Waals surface area contributed by atoms with Gasteiger partial charge in [0.15, 0.2) is 11.5 Å². The molecule has 1 amide bonds. The lowest BCUT2D eigenvalue weighted by molar-refractivity contribution is -0.114. The Labute approximate surface area is 143 Å². The highest BCUT2D eigenvalue weighted by molar-refractivity contribution is 5.96. The van der Waals surface area contributed by atoms with E-state index in [1.165, 1.54) is 13.8 Å². The van der Waals surface area contributed by atoms with E-state index in [9.17, 15) is 9.59 Å². The lowest BCUT2D eigenvalue weighted by Gasteiger charge is -2.12. The molecule has 0 saturated heterocycles. The Morgan fingerprint density at radius 3 is 2.68 bits per heavy atom. The Morgan fingerprint density at radius 2 is 2.00 bits per heavy atom. The van der Waals surface area contributed by atoms with Crippen LogP contribution in [0.15, 0.2) is 51.6 Å². The molecule has 1 aromatic carbocycles. The Bertz CT molecular complexity index is 896. The molecule has 3 aromatic rings. The summed E-state index contributed by atoms with van der Waals surface area (Å²) in [5, 5.41) is 6.59. The van der Waals surface area contributed by atoms with Crippen molar-refractivity contribution in [2.24, 2.45) is 0 Å². The molecule has 0 radical (unpaired) electrons. The predicted octanol–water partition coefficient (Wildman–Crippen LogP) is 3.67. The van der Waals surface area contributed by atoms with E-state index in [2.05, 4.69) is 10.5 Å². The van der Waals surface area contributed by atoms with Gasteiger partial charge in [-0.3, -0.25) is 9.59 Å². The maximum absolute atomic E-state index is 11.6. The quantitative estimate of drug-likeness (QED) is 0.688. The number of nitrogens with zero attached hydrogens (tertiary/aromatic N) is 1. The van der Waals surface area contributed by atoms with Crippen LogP contribution in [0.25, 0.3) is 11.5 Å². The third-order valence-corrected chi connectivity index (χ3v) is 3.40. The van der Waals surface area contributed by atoms with E-state index in [0.717, 1.165) is 0 Å². The molecule has 0 saturated carbocycles. The summed E-state index contributed by atoms with van der Waals surface area (Å²) in [4.78, 5) is 22.9. The number of ether oxygens (including phenoxy) is 1. The molecule has 0 bridgehead atoms. The molecule has 2 heterocycles. The van der Waals surface area contributed by atoms with Crippen molar-refractivity contribution < 1.29 is 23.3 Å². The largest absolute Gasteiger partial charge is 0.485 e. The SMILES string of the molecule is CC(=O)Nc1ccc(C(C)=O)cc1OCc1cc(-c2ccco2)on1. The Hall–Kier alpha value is -3.35. The van der Waals surface area contributed by atoms with Crippen molar-refractivity contribution in [3.05, 3.63) is 53.9 Å². The molecule has 0 aliphatic rings. The molecule has 0 spiro atoms. The minimum absolute atomic E-state index is 0.0965. The normalized spacial score (nSPS) is 10.5. The smallest absolute Gasteiger partial charge is 0.221 e. The van der Waals surface area contributed by atoms with E-state index >= 15 is 0 Å². The van der Waals surface area contributed by atoms with Crippen molar-refractivity contribution >= 4 is 17.4 Å². The van der Waals surface area contributed by atoms with Gasteiger partial charge in [0.25, 0.3) is 0 Å². The maximum atomic E-state index is 11.6. The van der Waals surface area contributed by atoms with Gasteiger partial charge in [0.2, 0.25) is 11.7 Å². The molecular weight excluding hydrogens is 324 g/mol. The van der Waals surface area contributed by atoms with E-state index in [0.29, 0.717) is 34.2 Å². The molecule has 0 unspecified atom stereocenters. The van der Waals surface area contributed by atoms with Gasteiger partial charge in [-0.05, 0) is 37.3 Å². The number of nitrogens with one attached hydrogen (secondary N) is 1. The van der Waals surface area contributed by atoms with Crippen LogP contribution in [0.4, 0.5) is 5.69 Å². The number of amides is 1. The lowest BCUT2D eigenvalue weighted by Crippen LogP contribution is -2.09. The standard InChI is InChI=1S/C18H16N2O5/c1-11(21)13-5-6-15(19-12(2)22)17(8-13)24-10-14-9-18(25-20-14)16-4-3-7-23-16/h3-9H,10H2,1-2H3,(H,19,22). The first-order chi connectivity index (χ1) is 12.0. The number of anilines is 1. The molecule has 0 fully saturated rings. The van der Waals surface area contributed by atoms with Crippen LogP contribution in [0.2, 0.25) is 0 Å². The maximum Gasteiger partial charge on any atom is 0.221 e. The third kappa shape index (κ3) is 3.95. The van der Waals surface area contributed by atoms with E-state index in [4.69, 9.17) is 13.7 Å². The number of benzene rings is 1. The zero-order valence-corrected chi connectivity index (χ0v) is 13.7. The summed E-state index contributed by atoms with van der Waals surface area (Å²) in [6.45, 7) is 2.97. The molecule has 2 aromatic heterocycles. The summed E-state index contributed by atoms with van der Waals surface area (Å²) in [5.41, 5.74) is 1.51. The Balaban J connectivity index is 1.78. The fraction of sp³-hybridized carbons (Fsp3) is 0.167. The van der Waals surface area contributed by atoms with Crippen LogP contribution >= 0.6 is 0 Å². The zero-order valence-electron chi connectivity index (χ0n) is 13.7. The van der Waals surface area contributed by atoms with Gasteiger partial charge in [0, 0.05) is 18.6 Å². The average Bonchev–Trinajstić information content (AvgIpc) is 3.24. The fourth-order valence-electron chi connectivity index (χ4n) is 2.22. The Kier molecular flexibility index (Phi) is 4.65. The van der Waals surface area contributed by atoms with Crippen LogP contribution in [-0.2, 0) is 11.4 Å². The number of hydrogen-bond donors (Lipinski definition) is 1. The molecule has 3 rings (SSSR count). The molecule has 25 heavy (non-hydrogen) atoms. The molecule has 7 heteroatoms. The van der Waals surface area contributed by atoms with Crippen molar-refractivity contribution in [1.29, 1.82) is 0 Å². The van der Waals surface area contributed by atoms with Crippen molar-refractivity contribution in [2.45, 2.75) is 20.5 Å². The summed E-state index contributed by atoms with van der Waals surface area (Å²) in [5.74, 6) is 1.10. The van der Waals surface area contributed by atoms with Crippen molar-refractivity contribution in [1.82, 2.24) is 5.16 Å². The van der Waals surface area contributed by atoms with Crippen LogP contribution in [0.5, 0.6) is 5.75 Å². The average molecular weight is 340 g/mol. The molecule has 1 N–H and O–H groups in total. The third-order valence-electron chi connectivity index (χ3n) is 3.40. The molecule has 0 atom stereocenters. The van der Waals surface area contributed by atoms with E-state index in [1.807, 2.05) is 0 Å². The van der Waals surface area contributed by atoms with Gasteiger partial charge < -0.3 is 19.0 Å². The number of furan rings is 1. The molecule has 0 aliphatic carbocycles. The number of rotatable bonds is 6. The monoisotopic (exact) mass is 340 g/mol. The highest BCUT2D eigenvalue weighted by Crippen LogP contribution is 2.28. The number of carbonyl (C=O) groups excluding carboxylic acids is 2. The Morgan fingerprint density at radius 1 is 1.16 bits per heavy atom. The predicted molar refractivity (Wildman–Crippen MR) is 89.3 cm³/mol. The van der Waals surface area contributed by atoms with Gasteiger partial charge in [0.05, 0.1) is 12.0 Å². The summed E-state index contributed by atoms with van der Waals surface area (Å²) in [6, 6.07) is 10.1. The summed E-state index contributed by atoms with van der Waals surface area (Å²) in [6.07, 6.45) is 1.54. The molecule has 0 aliphatic heterocycles. The highest BCUT2D eigenvalue weighted by atomic mass is 16.5. The number of ketones is 1. The number of carbonyl (C=O) groups is 2. The minimum Gasteiger partial charge on any atom is -0.485 e. The highest BCUT2D eigenvalue weighted by Gasteiger charge is 2.12. The van der Waals surface area contributed by atoms with Gasteiger partial charge in [-0.1, -0.05) is 5.16 Å². The summed E-state index contributed by atoms with van der Waals surface area (Å²) in [7, 11) is 0. The number of hydrogen-bond acceptors (Lipinski definition) is 6. The van der Waals surface area contributed by atoms with Crippen LogP contribution in [0, 0.1) is 0 Å². The van der Waals surface area contributed by atoms with Crippen LogP contribution < -0.4 is 10.1 Å². The van der Waals surface area contributed by atoms with Crippen molar-refractivity contribution in [3.8, 4) is 17.3 Å². The first kappa shape index (κ1) is 16.5.